The maximum Gasteiger partial charge on any atom is 0.389 e. The number of benzene rings is 1. The van der Waals surface area contributed by atoms with Crippen LogP contribution in [0.3, 0.4) is 0 Å². The molecule has 20 heavy (non-hydrogen) atoms. The zero-order valence-corrected chi connectivity index (χ0v) is 10.9. The van der Waals surface area contributed by atoms with E-state index in [-0.39, 0.29) is 6.42 Å². The first-order chi connectivity index (χ1) is 9.46. The van der Waals surface area contributed by atoms with Crippen molar-refractivity contribution in [3.63, 3.8) is 0 Å². The number of ether oxygens (including phenoxy) is 2. The van der Waals surface area contributed by atoms with E-state index in [0.29, 0.717) is 49.1 Å². The van der Waals surface area contributed by atoms with Crippen LogP contribution in [0.1, 0.15) is 19.3 Å². The summed E-state index contributed by atoms with van der Waals surface area (Å²) in [7, 11) is 0. The molecule has 0 spiro atoms. The Morgan fingerprint density at radius 1 is 1.10 bits per heavy atom. The number of nitrogens with one attached hydrogen (secondary N) is 1. The molecule has 0 saturated heterocycles. The number of halogens is 3. The highest BCUT2D eigenvalue weighted by molar-refractivity contribution is 5.72. The molecule has 0 bridgehead atoms. The number of hydrogen-bond acceptors (Lipinski definition) is 4. The van der Waals surface area contributed by atoms with Crippen LogP contribution in [-0.2, 0) is 0 Å². The van der Waals surface area contributed by atoms with E-state index in [1.165, 1.54) is 0 Å². The van der Waals surface area contributed by atoms with E-state index < -0.39 is 12.6 Å². The van der Waals surface area contributed by atoms with Crippen molar-refractivity contribution in [2.24, 2.45) is 0 Å². The first-order valence-electron chi connectivity index (χ1n) is 6.45. The number of nitrogens with two attached hydrogens (primary N) is 1. The summed E-state index contributed by atoms with van der Waals surface area (Å²) < 4.78 is 46.8. The van der Waals surface area contributed by atoms with E-state index in [1.54, 1.807) is 12.1 Å². The molecule has 0 unspecified atom stereocenters. The van der Waals surface area contributed by atoms with Crippen LogP contribution >= 0.6 is 0 Å². The van der Waals surface area contributed by atoms with Crippen LogP contribution in [0.5, 0.6) is 11.5 Å². The fourth-order valence-corrected chi connectivity index (χ4v) is 1.93. The quantitative estimate of drug-likeness (QED) is 0.646. The monoisotopic (exact) mass is 290 g/mol. The third-order valence-corrected chi connectivity index (χ3v) is 2.92. The van der Waals surface area contributed by atoms with Gasteiger partial charge in [-0.1, -0.05) is 0 Å². The molecular weight excluding hydrogens is 273 g/mol. The Hall–Kier alpha value is -1.79. The van der Waals surface area contributed by atoms with Crippen LogP contribution < -0.4 is 20.5 Å². The molecule has 0 atom stereocenters. The van der Waals surface area contributed by atoms with Crippen molar-refractivity contribution < 1.29 is 22.6 Å². The summed E-state index contributed by atoms with van der Waals surface area (Å²) in [6, 6.07) is 3.38. The van der Waals surface area contributed by atoms with Crippen molar-refractivity contribution >= 4 is 11.4 Å². The highest BCUT2D eigenvalue weighted by atomic mass is 19.4. The predicted octanol–water partition coefficient (Wildman–Crippen LogP) is 3.18. The predicted molar refractivity (Wildman–Crippen MR) is 70.2 cm³/mol. The third kappa shape index (κ3) is 4.11. The normalized spacial score (nSPS) is 14.2. The maximum atomic E-state index is 12.0. The molecule has 1 aliphatic rings. The van der Waals surface area contributed by atoms with E-state index in [1.807, 2.05) is 0 Å². The fraction of sp³-hybridized carbons (Fsp3) is 0.538. The molecular formula is C13H17F3N2O2. The summed E-state index contributed by atoms with van der Waals surface area (Å²) >= 11 is 0. The van der Waals surface area contributed by atoms with Crippen LogP contribution in [0.25, 0.3) is 0 Å². The largest absolute Gasteiger partial charge is 0.486 e. The van der Waals surface area contributed by atoms with Gasteiger partial charge in [-0.25, -0.2) is 0 Å². The van der Waals surface area contributed by atoms with E-state index in [4.69, 9.17) is 15.2 Å². The second-order valence-electron chi connectivity index (χ2n) is 4.58. The molecule has 112 valence electrons. The standard InChI is InChI=1S/C13H17F3N2O2/c14-13(15,16)3-1-2-4-18-10-8-12-11(7-9(10)17)19-5-6-20-12/h7-8,18H,1-6,17H2. The topological polar surface area (TPSA) is 56.5 Å². The zero-order chi connectivity index (χ0) is 14.6. The summed E-state index contributed by atoms with van der Waals surface area (Å²) in [4.78, 5) is 0. The van der Waals surface area contributed by atoms with E-state index in [0.717, 1.165) is 0 Å². The minimum absolute atomic E-state index is 0.0982. The van der Waals surface area contributed by atoms with Gasteiger partial charge in [-0.05, 0) is 12.8 Å². The Morgan fingerprint density at radius 2 is 1.75 bits per heavy atom. The van der Waals surface area contributed by atoms with Gasteiger partial charge in [0.05, 0.1) is 11.4 Å². The fourth-order valence-electron chi connectivity index (χ4n) is 1.93. The Morgan fingerprint density at radius 3 is 2.40 bits per heavy atom. The Kier molecular flexibility index (Phi) is 4.46. The molecule has 2 rings (SSSR count). The SMILES string of the molecule is Nc1cc2c(cc1NCCCCC(F)(F)F)OCCO2. The van der Waals surface area contributed by atoms with Crippen molar-refractivity contribution in [3.8, 4) is 11.5 Å². The molecule has 1 aromatic rings. The molecule has 4 nitrogen and oxygen atoms in total. The van der Waals surface area contributed by atoms with Gasteiger partial charge in [0, 0.05) is 25.1 Å². The van der Waals surface area contributed by atoms with Crippen LogP contribution in [0.15, 0.2) is 12.1 Å². The van der Waals surface area contributed by atoms with Gasteiger partial charge in [-0.2, -0.15) is 13.2 Å². The number of nitrogen functional groups attached to an aromatic ring is 1. The summed E-state index contributed by atoms with van der Waals surface area (Å²) in [5, 5.41) is 3.02. The number of unbranched alkanes of at least 4 members (excludes halogenated alkanes) is 1. The number of anilines is 2. The molecule has 1 aliphatic heterocycles. The summed E-state index contributed by atoms with van der Waals surface area (Å²) in [5.41, 5.74) is 7.00. The molecule has 1 heterocycles. The molecule has 3 N–H and O–H groups in total. The zero-order valence-electron chi connectivity index (χ0n) is 10.9. The highest BCUT2D eigenvalue weighted by Gasteiger charge is 2.25. The van der Waals surface area contributed by atoms with Gasteiger partial charge < -0.3 is 20.5 Å². The lowest BCUT2D eigenvalue weighted by atomic mass is 10.2. The number of alkyl halides is 3. The van der Waals surface area contributed by atoms with Crippen molar-refractivity contribution in [1.82, 2.24) is 0 Å². The van der Waals surface area contributed by atoms with Gasteiger partial charge in [0.2, 0.25) is 0 Å². The second-order valence-corrected chi connectivity index (χ2v) is 4.58. The smallest absolute Gasteiger partial charge is 0.389 e. The van der Waals surface area contributed by atoms with Crippen molar-refractivity contribution in [2.45, 2.75) is 25.4 Å². The molecule has 7 heteroatoms. The van der Waals surface area contributed by atoms with Crippen LogP contribution in [0, 0.1) is 0 Å². The highest BCUT2D eigenvalue weighted by Crippen LogP contribution is 2.36. The molecule has 0 aliphatic carbocycles. The molecule has 1 aromatic carbocycles. The summed E-state index contributed by atoms with van der Waals surface area (Å²) in [5.74, 6) is 1.19. The van der Waals surface area contributed by atoms with Crippen LogP contribution in [0.4, 0.5) is 24.5 Å². The lowest BCUT2D eigenvalue weighted by Gasteiger charge is -2.20. The first-order valence-corrected chi connectivity index (χ1v) is 6.45. The van der Waals surface area contributed by atoms with Crippen molar-refractivity contribution in [3.05, 3.63) is 12.1 Å². The number of rotatable bonds is 5. The Bertz CT molecular complexity index is 464. The molecule has 0 fully saturated rings. The van der Waals surface area contributed by atoms with Crippen molar-refractivity contribution in [1.29, 1.82) is 0 Å². The van der Waals surface area contributed by atoms with Gasteiger partial charge in [-0.3, -0.25) is 0 Å². The average molecular weight is 290 g/mol. The lowest BCUT2D eigenvalue weighted by Crippen LogP contribution is -2.16. The molecule has 0 amide bonds. The van der Waals surface area contributed by atoms with Gasteiger partial charge in [-0.15, -0.1) is 0 Å². The van der Waals surface area contributed by atoms with Crippen LogP contribution in [0.2, 0.25) is 0 Å². The van der Waals surface area contributed by atoms with Gasteiger partial charge in [0.1, 0.15) is 13.2 Å². The second kappa shape index (κ2) is 6.11. The maximum absolute atomic E-state index is 12.0. The van der Waals surface area contributed by atoms with E-state index in [2.05, 4.69) is 5.32 Å². The Balaban J connectivity index is 1.84. The third-order valence-electron chi connectivity index (χ3n) is 2.92. The van der Waals surface area contributed by atoms with E-state index >= 15 is 0 Å². The summed E-state index contributed by atoms with van der Waals surface area (Å²) in [6.07, 6.45) is -4.32. The van der Waals surface area contributed by atoms with Crippen LogP contribution in [-0.4, -0.2) is 25.9 Å². The van der Waals surface area contributed by atoms with Gasteiger partial charge in [0.15, 0.2) is 11.5 Å². The molecule has 0 aromatic heterocycles. The Labute approximate surface area is 115 Å². The number of fused-ring (bicyclic) bond motifs is 1. The number of hydrogen-bond donors (Lipinski definition) is 2. The molecule has 0 radical (unpaired) electrons. The van der Waals surface area contributed by atoms with Gasteiger partial charge >= 0.3 is 6.18 Å². The van der Waals surface area contributed by atoms with Gasteiger partial charge in [0.25, 0.3) is 0 Å². The minimum Gasteiger partial charge on any atom is -0.486 e. The minimum atomic E-state index is -4.09. The average Bonchev–Trinajstić information content (AvgIpc) is 2.37. The van der Waals surface area contributed by atoms with Crippen molar-refractivity contribution in [2.75, 3.05) is 30.8 Å². The molecule has 0 saturated carbocycles. The lowest BCUT2D eigenvalue weighted by molar-refractivity contribution is -0.135. The first kappa shape index (κ1) is 14.6. The summed E-state index contributed by atoms with van der Waals surface area (Å²) in [6.45, 7) is 1.39. The van der Waals surface area contributed by atoms with E-state index in [9.17, 15) is 13.2 Å².